The Bertz CT molecular complexity index is 1740. The fourth-order valence-corrected chi connectivity index (χ4v) is 5.57. The number of aliphatic hydroxyl groups is 5. The van der Waals surface area contributed by atoms with E-state index in [2.05, 4.69) is 19.9 Å². The van der Waals surface area contributed by atoms with E-state index in [-0.39, 0.29) is 17.3 Å². The molecule has 2 fully saturated rings. The van der Waals surface area contributed by atoms with Crippen LogP contribution in [0.1, 0.15) is 12.5 Å². The van der Waals surface area contributed by atoms with Crippen LogP contribution >= 0.6 is 7.60 Å². The number of nitrogens with zero attached hydrogens (tertiary/aromatic N) is 6. The Kier molecular flexibility index (Phi) is 9.29. The Morgan fingerprint density at radius 1 is 0.870 bits per heavy atom. The van der Waals surface area contributed by atoms with E-state index in [9.17, 15) is 33.8 Å². The number of fused-ring (bicyclic) bond motifs is 2. The first kappa shape index (κ1) is 33.9. The van der Waals surface area contributed by atoms with E-state index < -0.39 is 82.2 Å². The number of hydrogen-bond donors (Lipinski definition) is 9. The van der Waals surface area contributed by atoms with E-state index in [1.54, 1.807) is 6.07 Å². The molecule has 0 amide bonds. The summed E-state index contributed by atoms with van der Waals surface area (Å²) in [6, 6.07) is 3.12. The van der Waals surface area contributed by atoms with Crippen LogP contribution in [-0.4, -0.2) is 126 Å². The van der Waals surface area contributed by atoms with Crippen molar-refractivity contribution >= 4 is 41.3 Å². The lowest BCUT2D eigenvalue weighted by Crippen LogP contribution is -2.48. The van der Waals surface area contributed by atoms with Crippen LogP contribution in [0.25, 0.3) is 22.1 Å². The summed E-state index contributed by atoms with van der Waals surface area (Å²) in [7, 11) is -4.55. The molecule has 46 heavy (non-hydrogen) atoms. The lowest BCUT2D eigenvalue weighted by molar-refractivity contribution is -0.167. The third-order valence-electron chi connectivity index (χ3n) is 7.66. The molecule has 22 heteroatoms. The van der Waals surface area contributed by atoms with E-state index in [1.165, 1.54) is 33.9 Å². The predicted octanol–water partition coefficient (Wildman–Crippen LogP) is -1.95. The van der Waals surface area contributed by atoms with Gasteiger partial charge in [-0.1, -0.05) is 0 Å². The van der Waals surface area contributed by atoms with Gasteiger partial charge >= 0.3 is 7.60 Å². The minimum atomic E-state index is -4.55. The second-order valence-electron chi connectivity index (χ2n) is 10.6. The van der Waals surface area contributed by atoms with Gasteiger partial charge in [0, 0.05) is 12.4 Å². The maximum absolute atomic E-state index is 13.5. The van der Waals surface area contributed by atoms with Gasteiger partial charge in [-0.2, -0.15) is 0 Å². The van der Waals surface area contributed by atoms with Crippen LogP contribution in [0.3, 0.4) is 0 Å². The standard InChI is InChI=1S/C12H16FN4O7P.C12H15FN4O4/c13-3-12(19)7(18)10(23-5-25(20,21)22)24-11(12)17-2-1-6-8(14)15-4-16-9(6)17;13-4-12(20)8(19)7(3-18)21-11(12)17-2-1-6-9(14)15-5-16-10(6)17/h1-2,4,7,10-11,18-19H,3,5H2,(H2,14,15,16)(H2,20,21,22);1-2,5,7-8,11,18-20H,3-4H2,(H2,14,15,16)/t7?,10-,11+,12+;7-,8?,11-,12-/m01/s1. The molecule has 0 radical (unpaired) electrons. The van der Waals surface area contributed by atoms with Crippen molar-refractivity contribution in [3.8, 4) is 0 Å². The summed E-state index contributed by atoms with van der Waals surface area (Å²) in [6.45, 7) is -3.19. The van der Waals surface area contributed by atoms with Gasteiger partial charge < -0.3 is 70.1 Å². The molecule has 0 aromatic carbocycles. The van der Waals surface area contributed by atoms with Crippen LogP contribution in [0.5, 0.6) is 0 Å². The molecule has 19 nitrogen and oxygen atoms in total. The number of nitrogen functional groups attached to an aromatic ring is 2. The number of halogens is 2. The highest BCUT2D eigenvalue weighted by Crippen LogP contribution is 2.44. The highest BCUT2D eigenvalue weighted by molar-refractivity contribution is 7.51. The lowest BCUT2D eigenvalue weighted by atomic mass is 9.95. The molecular weight excluding hydrogens is 645 g/mol. The molecule has 2 unspecified atom stereocenters. The van der Waals surface area contributed by atoms with Crippen LogP contribution < -0.4 is 11.5 Å². The number of aromatic nitrogens is 6. The maximum atomic E-state index is 13.5. The summed E-state index contributed by atoms with van der Waals surface area (Å²) in [5.41, 5.74) is 7.38. The normalized spacial score (nSPS) is 31.4. The first-order valence-electron chi connectivity index (χ1n) is 13.3. The molecule has 2 saturated heterocycles. The quantitative estimate of drug-likeness (QED) is 0.0916. The Hall–Kier alpha value is -3.47. The number of anilines is 2. The first-order valence-corrected chi connectivity index (χ1v) is 15.1. The predicted molar refractivity (Wildman–Crippen MR) is 151 cm³/mol. The molecule has 0 saturated carbocycles. The minimum Gasteiger partial charge on any atom is -0.394 e. The molecule has 0 bridgehead atoms. The van der Waals surface area contributed by atoms with Crippen molar-refractivity contribution in [1.82, 2.24) is 29.1 Å². The smallest absolute Gasteiger partial charge is 0.351 e. The van der Waals surface area contributed by atoms with Gasteiger partial charge in [-0.15, -0.1) is 0 Å². The number of hydrogen-bond acceptors (Lipinski definition) is 15. The van der Waals surface area contributed by atoms with Gasteiger partial charge in [0.25, 0.3) is 0 Å². The van der Waals surface area contributed by atoms with Crippen molar-refractivity contribution < 1.29 is 62.9 Å². The van der Waals surface area contributed by atoms with Crippen LogP contribution in [0.4, 0.5) is 20.4 Å². The fourth-order valence-electron chi connectivity index (χ4n) is 5.23. The number of nitrogens with two attached hydrogens (primary N) is 2. The summed E-state index contributed by atoms with van der Waals surface area (Å²) in [4.78, 5) is 33.4. The number of rotatable bonds is 8. The third kappa shape index (κ3) is 5.80. The van der Waals surface area contributed by atoms with Gasteiger partial charge in [-0.25, -0.2) is 28.7 Å². The molecule has 0 aliphatic carbocycles. The van der Waals surface area contributed by atoms with Crippen molar-refractivity contribution in [2.24, 2.45) is 0 Å². The van der Waals surface area contributed by atoms with E-state index in [0.29, 0.717) is 16.4 Å². The van der Waals surface area contributed by atoms with Crippen LogP contribution in [0.2, 0.25) is 0 Å². The molecule has 11 N–H and O–H groups in total. The third-order valence-corrected chi connectivity index (χ3v) is 8.14. The van der Waals surface area contributed by atoms with E-state index >= 15 is 0 Å². The molecule has 0 spiro atoms. The average Bonchev–Trinajstić information content (AvgIpc) is 3.77. The zero-order chi connectivity index (χ0) is 33.6. The molecule has 2 aliphatic heterocycles. The molecular formula is C24H31F2N8O11P. The summed E-state index contributed by atoms with van der Waals surface area (Å²) in [6.07, 6.45) is -4.67. The number of aliphatic hydroxyl groups excluding tert-OH is 3. The lowest BCUT2D eigenvalue weighted by Gasteiger charge is -2.28. The monoisotopic (exact) mass is 676 g/mol. The summed E-state index contributed by atoms with van der Waals surface area (Å²) in [5.74, 6) is 0.389. The molecule has 6 rings (SSSR count). The minimum absolute atomic E-state index is 0.153. The van der Waals surface area contributed by atoms with Gasteiger partial charge in [0.05, 0.1) is 17.4 Å². The molecule has 6 heterocycles. The summed E-state index contributed by atoms with van der Waals surface area (Å²) < 4.78 is 55.9. The highest BCUT2D eigenvalue weighted by Gasteiger charge is 2.58. The van der Waals surface area contributed by atoms with E-state index in [0.717, 1.165) is 6.33 Å². The molecule has 8 atom stereocenters. The van der Waals surface area contributed by atoms with Gasteiger partial charge in [-0.05, 0) is 12.1 Å². The average molecular weight is 677 g/mol. The topological polar surface area (TPSA) is 300 Å². The van der Waals surface area contributed by atoms with Crippen molar-refractivity contribution in [1.29, 1.82) is 0 Å². The Morgan fingerprint density at radius 2 is 1.35 bits per heavy atom. The Morgan fingerprint density at radius 3 is 1.80 bits per heavy atom. The Labute approximate surface area is 256 Å². The van der Waals surface area contributed by atoms with Crippen molar-refractivity contribution in [3.63, 3.8) is 0 Å². The number of ether oxygens (including phenoxy) is 3. The van der Waals surface area contributed by atoms with Crippen molar-refractivity contribution in [3.05, 3.63) is 37.2 Å². The van der Waals surface area contributed by atoms with E-state index in [4.69, 9.17) is 40.6 Å². The molecule has 4 aromatic rings. The second kappa shape index (κ2) is 12.6. The van der Waals surface area contributed by atoms with Crippen LogP contribution in [0, 0.1) is 0 Å². The van der Waals surface area contributed by atoms with Gasteiger partial charge in [-0.3, -0.25) is 4.57 Å². The number of alkyl halides is 2. The summed E-state index contributed by atoms with van der Waals surface area (Å²) in [5, 5.41) is 51.1. The van der Waals surface area contributed by atoms with Gasteiger partial charge in [0.15, 0.2) is 36.3 Å². The highest BCUT2D eigenvalue weighted by atomic mass is 31.2. The molecule has 2 aliphatic rings. The van der Waals surface area contributed by atoms with Gasteiger partial charge in [0.1, 0.15) is 67.2 Å². The maximum Gasteiger partial charge on any atom is 0.351 e. The van der Waals surface area contributed by atoms with E-state index in [1.807, 2.05) is 0 Å². The molecule has 4 aromatic heterocycles. The zero-order valence-electron chi connectivity index (χ0n) is 23.6. The van der Waals surface area contributed by atoms with Crippen molar-refractivity contribution in [2.75, 3.05) is 37.8 Å². The Balaban J connectivity index is 0.000000184. The molecule has 252 valence electrons. The zero-order valence-corrected chi connectivity index (χ0v) is 24.5. The first-order chi connectivity index (χ1) is 21.7. The van der Waals surface area contributed by atoms with Gasteiger partial charge in [0.2, 0.25) is 0 Å². The fraction of sp³-hybridized carbons (Fsp3) is 0.500. The van der Waals surface area contributed by atoms with Crippen LogP contribution in [-0.2, 0) is 18.8 Å². The van der Waals surface area contributed by atoms with Crippen molar-refractivity contribution in [2.45, 2.75) is 48.3 Å². The SMILES string of the molecule is Nc1ncnc2c1ccn2[C@@H]1O[C@H](CO)C(O)[C@]1(O)CF.Nc1ncnc2c1ccn2[C@@H]1O[C@H](OCP(=O)(O)O)C(O)[C@]1(O)CF. The largest absolute Gasteiger partial charge is 0.394 e. The second-order valence-corrected chi connectivity index (χ2v) is 12.2. The van der Waals surface area contributed by atoms with Crippen LogP contribution in [0.15, 0.2) is 37.2 Å². The summed E-state index contributed by atoms with van der Waals surface area (Å²) >= 11 is 0.